The predicted octanol–water partition coefficient (Wildman–Crippen LogP) is 0.449. The second-order valence-electron chi connectivity index (χ2n) is 3.47. The molecule has 1 rings (SSSR count). The molecule has 0 aliphatic rings. The Balaban J connectivity index is 2.23. The minimum absolute atomic E-state index is 0.0107. The quantitative estimate of drug-likeness (QED) is 0.581. The van der Waals surface area contributed by atoms with E-state index in [9.17, 15) is 19.2 Å². The maximum atomic E-state index is 11.6. The molecule has 0 fully saturated rings. The summed E-state index contributed by atoms with van der Waals surface area (Å²) in [5.41, 5.74) is 4.70. The average Bonchev–Trinajstić information content (AvgIpc) is 2.86. The minimum Gasteiger partial charge on any atom is -0.456 e. The van der Waals surface area contributed by atoms with Crippen LogP contribution in [0.3, 0.4) is 0 Å². The van der Waals surface area contributed by atoms with Crippen molar-refractivity contribution in [1.29, 1.82) is 0 Å². The van der Waals surface area contributed by atoms with Crippen LogP contribution in [0.2, 0.25) is 0 Å². The van der Waals surface area contributed by atoms with E-state index in [1.54, 1.807) is 22.8 Å². The smallest absolute Gasteiger partial charge is 0.318 e. The third-order valence-corrected chi connectivity index (χ3v) is 2.89. The number of amides is 3. The molecule has 0 unspecified atom stereocenters. The summed E-state index contributed by atoms with van der Waals surface area (Å²) >= 11 is 1.29. The van der Waals surface area contributed by atoms with Crippen molar-refractivity contribution in [3.63, 3.8) is 0 Å². The largest absolute Gasteiger partial charge is 0.456 e. The fourth-order valence-corrected chi connectivity index (χ4v) is 1.86. The summed E-state index contributed by atoms with van der Waals surface area (Å²) in [6.45, 7) is -0.602. The molecule has 0 aliphatic heterocycles. The highest BCUT2D eigenvalue weighted by molar-refractivity contribution is 7.12. The second kappa shape index (κ2) is 7.27. The van der Waals surface area contributed by atoms with Crippen molar-refractivity contribution in [2.45, 2.75) is 12.8 Å². The van der Waals surface area contributed by atoms with E-state index >= 15 is 0 Å². The first-order valence-corrected chi connectivity index (χ1v) is 6.18. The third-order valence-electron chi connectivity index (χ3n) is 1.98. The maximum Gasteiger partial charge on any atom is 0.318 e. The van der Waals surface area contributed by atoms with Crippen molar-refractivity contribution < 1.29 is 23.9 Å². The number of nitrogens with one attached hydrogen (secondary N) is 1. The van der Waals surface area contributed by atoms with E-state index in [1.807, 2.05) is 0 Å². The van der Waals surface area contributed by atoms with E-state index in [4.69, 9.17) is 5.73 Å². The molecule has 1 aromatic rings. The van der Waals surface area contributed by atoms with Gasteiger partial charge in [-0.25, -0.2) is 4.79 Å². The molecule has 0 bridgehead atoms. The van der Waals surface area contributed by atoms with E-state index in [-0.39, 0.29) is 18.6 Å². The molecule has 0 saturated carbocycles. The average molecular weight is 284 g/mol. The molecule has 0 atom stereocenters. The molecule has 0 saturated heterocycles. The van der Waals surface area contributed by atoms with Crippen LogP contribution in [0.25, 0.3) is 0 Å². The highest BCUT2D eigenvalue weighted by Gasteiger charge is 2.12. The van der Waals surface area contributed by atoms with Crippen molar-refractivity contribution in [3.8, 4) is 0 Å². The third kappa shape index (κ3) is 5.77. The zero-order valence-electron chi connectivity index (χ0n) is 9.88. The fourth-order valence-electron chi connectivity index (χ4n) is 1.17. The standard InChI is InChI=1S/C11H12N2O5S/c12-11(17)13-9(15)6-18-10(16)4-3-7(14)8-2-1-5-19-8/h1-2,5H,3-4,6H2,(H3,12,13,15,17). The molecule has 0 radical (unpaired) electrons. The molecule has 3 amide bonds. The number of rotatable bonds is 6. The summed E-state index contributed by atoms with van der Waals surface area (Å²) in [6.07, 6.45) is -0.114. The number of primary amides is 1. The lowest BCUT2D eigenvalue weighted by molar-refractivity contribution is -0.148. The van der Waals surface area contributed by atoms with Gasteiger partial charge in [-0.15, -0.1) is 11.3 Å². The summed E-state index contributed by atoms with van der Waals surface area (Å²) in [6, 6.07) is 2.39. The molecule has 1 aromatic heterocycles. The van der Waals surface area contributed by atoms with Gasteiger partial charge in [0.2, 0.25) is 0 Å². The van der Waals surface area contributed by atoms with Gasteiger partial charge >= 0.3 is 12.0 Å². The zero-order chi connectivity index (χ0) is 14.3. The second-order valence-corrected chi connectivity index (χ2v) is 4.42. The Morgan fingerprint density at radius 3 is 2.58 bits per heavy atom. The van der Waals surface area contributed by atoms with Gasteiger partial charge in [-0.3, -0.25) is 19.7 Å². The number of carbonyl (C=O) groups excluding carboxylic acids is 4. The van der Waals surface area contributed by atoms with Crippen LogP contribution in [0.5, 0.6) is 0 Å². The van der Waals surface area contributed by atoms with Gasteiger partial charge in [0.15, 0.2) is 12.4 Å². The van der Waals surface area contributed by atoms with Gasteiger partial charge in [0.05, 0.1) is 11.3 Å². The lowest BCUT2D eigenvalue weighted by Gasteiger charge is -2.03. The van der Waals surface area contributed by atoms with E-state index < -0.39 is 24.5 Å². The van der Waals surface area contributed by atoms with Crippen LogP contribution in [0.4, 0.5) is 4.79 Å². The van der Waals surface area contributed by atoms with Crippen LogP contribution in [-0.4, -0.2) is 30.3 Å². The topological polar surface area (TPSA) is 116 Å². The molecular formula is C11H12N2O5S. The van der Waals surface area contributed by atoms with Gasteiger partial charge in [-0.05, 0) is 11.4 Å². The normalized spacial score (nSPS) is 9.68. The first kappa shape index (κ1) is 14.8. The number of nitrogens with two attached hydrogens (primary N) is 1. The van der Waals surface area contributed by atoms with Crippen molar-refractivity contribution >= 4 is 35.0 Å². The summed E-state index contributed by atoms with van der Waals surface area (Å²) in [5, 5.41) is 3.51. The molecule has 19 heavy (non-hydrogen) atoms. The Morgan fingerprint density at radius 1 is 1.26 bits per heavy atom. The van der Waals surface area contributed by atoms with Gasteiger partial charge < -0.3 is 10.5 Å². The predicted molar refractivity (Wildman–Crippen MR) is 66.6 cm³/mol. The van der Waals surface area contributed by atoms with Crippen LogP contribution in [0.15, 0.2) is 17.5 Å². The Morgan fingerprint density at radius 2 is 2.00 bits per heavy atom. The number of esters is 1. The van der Waals surface area contributed by atoms with E-state index in [1.165, 1.54) is 11.3 Å². The molecule has 8 heteroatoms. The summed E-state index contributed by atoms with van der Waals surface area (Å²) < 4.78 is 4.56. The van der Waals surface area contributed by atoms with E-state index in [2.05, 4.69) is 4.74 Å². The van der Waals surface area contributed by atoms with Crippen LogP contribution in [-0.2, 0) is 14.3 Å². The van der Waals surface area contributed by atoms with Crippen molar-refractivity contribution in [1.82, 2.24) is 5.32 Å². The number of ether oxygens (including phenoxy) is 1. The molecule has 102 valence electrons. The van der Waals surface area contributed by atoms with Gasteiger partial charge in [-0.1, -0.05) is 6.07 Å². The number of carbonyl (C=O) groups is 4. The molecule has 0 aromatic carbocycles. The summed E-state index contributed by atoms with van der Waals surface area (Å²) in [5.74, 6) is -1.66. The SMILES string of the molecule is NC(=O)NC(=O)COC(=O)CCC(=O)c1cccs1. The summed E-state index contributed by atoms with van der Waals surface area (Å²) in [7, 11) is 0. The number of urea groups is 1. The lowest BCUT2D eigenvalue weighted by atomic mass is 10.2. The summed E-state index contributed by atoms with van der Waals surface area (Å²) in [4.78, 5) is 44.6. The van der Waals surface area contributed by atoms with Crippen LogP contribution in [0.1, 0.15) is 22.5 Å². The first-order valence-electron chi connectivity index (χ1n) is 5.30. The van der Waals surface area contributed by atoms with Gasteiger partial charge in [0.25, 0.3) is 5.91 Å². The lowest BCUT2D eigenvalue weighted by Crippen LogP contribution is -2.37. The van der Waals surface area contributed by atoms with Gasteiger partial charge in [-0.2, -0.15) is 0 Å². The van der Waals surface area contributed by atoms with Crippen molar-refractivity contribution in [3.05, 3.63) is 22.4 Å². The first-order chi connectivity index (χ1) is 8.99. The van der Waals surface area contributed by atoms with Crippen LogP contribution in [0, 0.1) is 0 Å². The number of hydrogen-bond donors (Lipinski definition) is 2. The molecule has 3 N–H and O–H groups in total. The van der Waals surface area contributed by atoms with Gasteiger partial charge in [0.1, 0.15) is 0 Å². The molecule has 0 spiro atoms. The number of Topliss-reactive ketones (excluding diaryl/α,β-unsaturated/α-hetero) is 1. The maximum absolute atomic E-state index is 11.6. The molecular weight excluding hydrogens is 272 g/mol. The Hall–Kier alpha value is -2.22. The fraction of sp³-hybridized carbons (Fsp3) is 0.273. The van der Waals surface area contributed by atoms with Gasteiger partial charge in [0, 0.05) is 6.42 Å². The Kier molecular flexibility index (Phi) is 5.68. The number of ketones is 1. The molecule has 7 nitrogen and oxygen atoms in total. The van der Waals surface area contributed by atoms with E-state index in [0.717, 1.165) is 0 Å². The highest BCUT2D eigenvalue weighted by Crippen LogP contribution is 2.12. The molecule has 1 heterocycles. The van der Waals surface area contributed by atoms with Crippen LogP contribution < -0.4 is 11.1 Å². The Bertz CT molecular complexity index is 483. The number of hydrogen-bond acceptors (Lipinski definition) is 6. The molecule has 0 aliphatic carbocycles. The van der Waals surface area contributed by atoms with Crippen molar-refractivity contribution in [2.24, 2.45) is 5.73 Å². The zero-order valence-corrected chi connectivity index (χ0v) is 10.7. The Labute approximate surface area is 112 Å². The highest BCUT2D eigenvalue weighted by atomic mass is 32.1. The van der Waals surface area contributed by atoms with E-state index in [0.29, 0.717) is 4.88 Å². The minimum atomic E-state index is -1.02. The number of thiophene rings is 1. The number of imide groups is 1. The van der Waals surface area contributed by atoms with Crippen LogP contribution >= 0.6 is 11.3 Å². The van der Waals surface area contributed by atoms with Crippen molar-refractivity contribution in [2.75, 3.05) is 6.61 Å². The monoisotopic (exact) mass is 284 g/mol.